The zero-order valence-electron chi connectivity index (χ0n) is 21.1. The molecule has 4 aromatic rings. The number of anilines is 1. The van der Waals surface area contributed by atoms with Gasteiger partial charge in [0.15, 0.2) is 15.0 Å². The highest BCUT2D eigenvalue weighted by Gasteiger charge is 2.25. The number of aliphatic hydroxyl groups excluding tert-OH is 2. The number of esters is 1. The molecule has 12 heteroatoms. The SMILES string of the molecule is CCS(=O)(=O)c1ccc(C(Oc2ccc(C(=O)OC)cc2)C(=O)Nc2nc3cc(CO)c(CO)cc3s2)cc1. The van der Waals surface area contributed by atoms with Gasteiger partial charge in [-0.1, -0.05) is 30.4 Å². The predicted octanol–water partition coefficient (Wildman–Crippen LogP) is 3.62. The van der Waals surface area contributed by atoms with E-state index in [1.165, 1.54) is 67.0 Å². The molecule has 0 aliphatic heterocycles. The first-order valence-corrected chi connectivity index (χ1v) is 14.3. The van der Waals surface area contributed by atoms with Gasteiger partial charge in [-0.05, 0) is 59.7 Å². The molecule has 1 amide bonds. The number of aliphatic hydroxyl groups is 2. The van der Waals surface area contributed by atoms with Crippen LogP contribution in [0.15, 0.2) is 65.6 Å². The third-order valence-corrected chi connectivity index (χ3v) is 8.65. The van der Waals surface area contributed by atoms with Crippen LogP contribution in [0.5, 0.6) is 5.75 Å². The molecule has 1 atom stereocenters. The van der Waals surface area contributed by atoms with Gasteiger partial charge in [-0.2, -0.15) is 0 Å². The topological polar surface area (TPSA) is 152 Å². The summed E-state index contributed by atoms with van der Waals surface area (Å²) >= 11 is 1.19. The Bertz CT molecular complexity index is 1560. The maximum atomic E-state index is 13.5. The Morgan fingerprint density at radius 2 is 1.64 bits per heavy atom. The number of rotatable bonds is 10. The van der Waals surface area contributed by atoms with Crippen LogP contribution in [0.25, 0.3) is 10.2 Å². The van der Waals surface area contributed by atoms with Crippen LogP contribution in [-0.2, 0) is 32.6 Å². The summed E-state index contributed by atoms with van der Waals surface area (Å²) in [5, 5.41) is 22.2. The van der Waals surface area contributed by atoms with E-state index in [0.717, 1.165) is 0 Å². The number of sulfone groups is 1. The molecule has 39 heavy (non-hydrogen) atoms. The number of hydrogen-bond donors (Lipinski definition) is 3. The van der Waals surface area contributed by atoms with E-state index in [1.54, 1.807) is 19.1 Å². The molecule has 0 bridgehead atoms. The molecule has 3 N–H and O–H groups in total. The third-order valence-electron chi connectivity index (χ3n) is 5.97. The molecule has 0 aliphatic carbocycles. The second kappa shape index (κ2) is 11.9. The van der Waals surface area contributed by atoms with Crippen molar-refractivity contribution in [2.45, 2.75) is 31.1 Å². The van der Waals surface area contributed by atoms with E-state index in [0.29, 0.717) is 32.5 Å². The number of fused-ring (bicyclic) bond motifs is 1. The second-order valence-electron chi connectivity index (χ2n) is 8.40. The van der Waals surface area contributed by atoms with Gasteiger partial charge >= 0.3 is 5.97 Å². The highest BCUT2D eigenvalue weighted by atomic mass is 32.2. The van der Waals surface area contributed by atoms with Crippen molar-refractivity contribution in [3.63, 3.8) is 0 Å². The standard InChI is InChI=1S/C27H26N2O8S2/c1-3-39(34,35)21-10-6-16(7-11-21)24(37-20-8-4-17(5-9-20)26(33)36-2)25(32)29-27-28-22-12-18(14-30)19(15-31)13-23(22)38-27/h4-13,24,30-31H,3,14-15H2,1-2H3,(H,28,29,32). The van der Waals surface area contributed by atoms with Crippen LogP contribution in [0.4, 0.5) is 5.13 Å². The number of methoxy groups -OCH3 is 1. The smallest absolute Gasteiger partial charge is 0.337 e. The summed E-state index contributed by atoms with van der Waals surface area (Å²) < 4.78 is 35.9. The molecule has 0 spiro atoms. The van der Waals surface area contributed by atoms with Gasteiger partial charge in [0.05, 0.1) is 46.8 Å². The fraction of sp³-hybridized carbons (Fsp3) is 0.222. The summed E-state index contributed by atoms with van der Waals surface area (Å²) in [6.45, 7) is 1.03. The molecule has 1 heterocycles. The Morgan fingerprint density at radius 3 is 2.23 bits per heavy atom. The maximum absolute atomic E-state index is 13.5. The number of benzene rings is 3. The summed E-state index contributed by atoms with van der Waals surface area (Å²) in [5.41, 5.74) is 2.34. The number of carbonyl (C=O) groups is 2. The van der Waals surface area contributed by atoms with Gasteiger partial charge in [0.25, 0.3) is 5.91 Å². The Balaban J connectivity index is 1.65. The Hall–Kier alpha value is -3.84. The number of amides is 1. The summed E-state index contributed by atoms with van der Waals surface area (Å²) in [4.78, 5) is 29.8. The van der Waals surface area contributed by atoms with Crippen LogP contribution >= 0.6 is 11.3 Å². The lowest BCUT2D eigenvalue weighted by Crippen LogP contribution is -2.25. The Labute approximate surface area is 228 Å². The quantitative estimate of drug-likeness (QED) is 0.243. The van der Waals surface area contributed by atoms with Crippen LogP contribution in [0.2, 0.25) is 0 Å². The summed E-state index contributed by atoms with van der Waals surface area (Å²) in [6.07, 6.45) is -1.19. The van der Waals surface area contributed by atoms with E-state index >= 15 is 0 Å². The van der Waals surface area contributed by atoms with Crippen molar-refractivity contribution in [2.75, 3.05) is 18.2 Å². The maximum Gasteiger partial charge on any atom is 0.337 e. The molecule has 10 nitrogen and oxygen atoms in total. The zero-order chi connectivity index (χ0) is 28.2. The second-order valence-corrected chi connectivity index (χ2v) is 11.7. The first-order chi connectivity index (χ1) is 18.7. The molecular formula is C27H26N2O8S2. The summed E-state index contributed by atoms with van der Waals surface area (Å²) in [6, 6.07) is 15.3. The third kappa shape index (κ3) is 6.25. The minimum atomic E-state index is -3.44. The van der Waals surface area contributed by atoms with Crippen LogP contribution in [0.3, 0.4) is 0 Å². The van der Waals surface area contributed by atoms with Gasteiger partial charge < -0.3 is 19.7 Å². The average Bonchev–Trinajstić information content (AvgIpc) is 3.35. The van der Waals surface area contributed by atoms with Crippen LogP contribution in [0, 0.1) is 0 Å². The van der Waals surface area contributed by atoms with Crippen LogP contribution in [-0.4, -0.2) is 48.4 Å². The first kappa shape index (κ1) is 28.2. The number of carbonyl (C=O) groups excluding carboxylic acids is 2. The molecular weight excluding hydrogens is 544 g/mol. The van der Waals surface area contributed by atoms with E-state index in [1.807, 2.05) is 0 Å². The first-order valence-electron chi connectivity index (χ1n) is 11.8. The predicted molar refractivity (Wildman–Crippen MR) is 145 cm³/mol. The fourth-order valence-electron chi connectivity index (χ4n) is 3.79. The van der Waals surface area contributed by atoms with Crippen molar-refractivity contribution in [3.05, 3.63) is 82.9 Å². The molecule has 0 radical (unpaired) electrons. The summed E-state index contributed by atoms with van der Waals surface area (Å²) in [5.74, 6) is -0.861. The molecule has 0 saturated carbocycles. The number of hydrogen-bond acceptors (Lipinski definition) is 10. The molecule has 4 rings (SSSR count). The highest BCUT2D eigenvalue weighted by molar-refractivity contribution is 7.91. The minimum Gasteiger partial charge on any atom is -0.476 e. The molecule has 0 fully saturated rings. The number of nitrogens with zero attached hydrogens (tertiary/aromatic N) is 1. The highest BCUT2D eigenvalue weighted by Crippen LogP contribution is 2.31. The Morgan fingerprint density at radius 1 is 1.00 bits per heavy atom. The van der Waals surface area contributed by atoms with E-state index < -0.39 is 27.8 Å². The van der Waals surface area contributed by atoms with Crippen LogP contribution < -0.4 is 10.1 Å². The van der Waals surface area contributed by atoms with E-state index in [2.05, 4.69) is 10.3 Å². The van der Waals surface area contributed by atoms with Gasteiger partial charge in [-0.25, -0.2) is 18.2 Å². The van der Waals surface area contributed by atoms with Gasteiger partial charge in [-0.15, -0.1) is 0 Å². The molecule has 204 valence electrons. The van der Waals surface area contributed by atoms with Crippen molar-refractivity contribution in [1.82, 2.24) is 4.98 Å². The molecule has 1 aromatic heterocycles. The molecule has 1 unspecified atom stereocenters. The molecule has 0 aliphatic rings. The van der Waals surface area contributed by atoms with Crippen molar-refractivity contribution in [3.8, 4) is 5.75 Å². The van der Waals surface area contributed by atoms with Gasteiger partial charge in [0, 0.05) is 5.56 Å². The lowest BCUT2D eigenvalue weighted by Gasteiger charge is -2.19. The van der Waals surface area contributed by atoms with Gasteiger partial charge in [-0.3, -0.25) is 10.1 Å². The van der Waals surface area contributed by atoms with Crippen LogP contribution in [0.1, 0.15) is 40.1 Å². The van der Waals surface area contributed by atoms with Crippen molar-refractivity contribution in [1.29, 1.82) is 0 Å². The minimum absolute atomic E-state index is 0.0626. The van der Waals surface area contributed by atoms with E-state index in [4.69, 9.17) is 9.47 Å². The zero-order valence-corrected chi connectivity index (χ0v) is 22.7. The fourth-order valence-corrected chi connectivity index (χ4v) is 5.59. The summed E-state index contributed by atoms with van der Waals surface area (Å²) in [7, 11) is -2.17. The average molecular weight is 571 g/mol. The van der Waals surface area contributed by atoms with Crippen molar-refractivity contribution >= 4 is 48.4 Å². The van der Waals surface area contributed by atoms with Gasteiger partial charge in [0.2, 0.25) is 6.10 Å². The van der Waals surface area contributed by atoms with Crippen molar-refractivity contribution in [2.24, 2.45) is 0 Å². The molecule has 0 saturated heterocycles. The molecule has 3 aromatic carbocycles. The number of aromatic nitrogens is 1. The number of ether oxygens (including phenoxy) is 2. The van der Waals surface area contributed by atoms with E-state index in [-0.39, 0.29) is 34.7 Å². The monoisotopic (exact) mass is 570 g/mol. The lowest BCUT2D eigenvalue weighted by molar-refractivity contribution is -0.123. The van der Waals surface area contributed by atoms with E-state index in [9.17, 15) is 28.2 Å². The van der Waals surface area contributed by atoms with Crippen molar-refractivity contribution < 1.29 is 37.7 Å². The number of nitrogens with one attached hydrogen (secondary N) is 1. The van der Waals surface area contributed by atoms with Gasteiger partial charge in [0.1, 0.15) is 5.75 Å². The largest absolute Gasteiger partial charge is 0.476 e. The Kier molecular flexibility index (Phi) is 8.60. The lowest BCUT2D eigenvalue weighted by atomic mass is 10.1. The number of thiazole rings is 1. The normalized spacial score (nSPS) is 12.2.